The van der Waals surface area contributed by atoms with E-state index in [1.54, 1.807) is 0 Å². The van der Waals surface area contributed by atoms with E-state index >= 15 is 0 Å². The summed E-state index contributed by atoms with van der Waals surface area (Å²) in [4.78, 5) is 4.27. The summed E-state index contributed by atoms with van der Waals surface area (Å²) in [5.74, 6) is 1.51. The Bertz CT molecular complexity index is 297. The molecule has 1 aromatic heterocycles. The summed E-state index contributed by atoms with van der Waals surface area (Å²) in [6, 6.07) is 5.70. The molecule has 0 aliphatic rings. The molecule has 14 heavy (non-hydrogen) atoms. The van der Waals surface area contributed by atoms with E-state index in [9.17, 15) is 0 Å². The first kappa shape index (κ1) is 10.6. The van der Waals surface area contributed by atoms with Crippen LogP contribution in [0.25, 0.3) is 0 Å². The zero-order valence-electron chi connectivity index (χ0n) is 8.66. The van der Waals surface area contributed by atoms with Crippen molar-refractivity contribution >= 4 is 5.82 Å². The molecular formula is C11H16N2O. The molecule has 1 aromatic rings. The number of allylic oxidation sites excluding steroid dienone is 1. The predicted molar refractivity (Wildman–Crippen MR) is 58.7 cm³/mol. The third-order valence-corrected chi connectivity index (χ3v) is 1.64. The molecule has 0 fully saturated rings. The fraction of sp³-hybridized carbons (Fsp3) is 0.364. The Morgan fingerprint density at radius 3 is 3.07 bits per heavy atom. The second-order valence-electron chi connectivity index (χ2n) is 2.77. The smallest absolute Gasteiger partial charge is 0.215 e. The minimum atomic E-state index is 0.569. The normalized spacial score (nSPS) is 10.4. The minimum Gasteiger partial charge on any atom is -0.473 e. The van der Waals surface area contributed by atoms with Gasteiger partial charge in [0.15, 0.2) is 0 Å². The molecule has 3 heteroatoms. The number of nitrogens with zero attached hydrogens (tertiary/aromatic N) is 1. The maximum atomic E-state index is 5.40. The van der Waals surface area contributed by atoms with Gasteiger partial charge in [0.05, 0.1) is 0 Å². The average molecular weight is 192 g/mol. The van der Waals surface area contributed by atoms with Crippen LogP contribution in [-0.4, -0.2) is 18.1 Å². The van der Waals surface area contributed by atoms with Gasteiger partial charge < -0.3 is 10.1 Å². The molecule has 0 aliphatic heterocycles. The number of hydrogen-bond donors (Lipinski definition) is 1. The van der Waals surface area contributed by atoms with Crippen LogP contribution >= 0.6 is 0 Å². The van der Waals surface area contributed by atoms with Gasteiger partial charge in [-0.1, -0.05) is 18.2 Å². The fourth-order valence-corrected chi connectivity index (χ4v) is 1.00. The quantitative estimate of drug-likeness (QED) is 0.728. The summed E-state index contributed by atoms with van der Waals surface area (Å²) in [7, 11) is 0. The predicted octanol–water partition coefficient (Wildman–Crippen LogP) is 2.47. The molecule has 1 heterocycles. The van der Waals surface area contributed by atoms with Crippen LogP contribution in [0.4, 0.5) is 5.82 Å². The van der Waals surface area contributed by atoms with Gasteiger partial charge in [0.1, 0.15) is 12.4 Å². The summed E-state index contributed by atoms with van der Waals surface area (Å²) >= 11 is 0. The van der Waals surface area contributed by atoms with Crippen molar-refractivity contribution in [3.8, 4) is 5.88 Å². The summed E-state index contributed by atoms with van der Waals surface area (Å²) in [5, 5.41) is 3.13. The van der Waals surface area contributed by atoms with Gasteiger partial charge in [-0.15, -0.1) is 0 Å². The van der Waals surface area contributed by atoms with Gasteiger partial charge >= 0.3 is 0 Å². The Hall–Kier alpha value is -1.51. The van der Waals surface area contributed by atoms with E-state index in [0.29, 0.717) is 12.5 Å². The third kappa shape index (κ3) is 3.47. The van der Waals surface area contributed by atoms with E-state index in [1.807, 2.05) is 44.2 Å². The number of pyridine rings is 1. The average Bonchev–Trinajstić information content (AvgIpc) is 2.19. The van der Waals surface area contributed by atoms with E-state index in [0.717, 1.165) is 12.4 Å². The molecule has 0 aromatic carbocycles. The van der Waals surface area contributed by atoms with Gasteiger partial charge in [-0.2, -0.15) is 4.98 Å². The van der Waals surface area contributed by atoms with E-state index in [-0.39, 0.29) is 0 Å². The molecule has 0 saturated carbocycles. The summed E-state index contributed by atoms with van der Waals surface area (Å²) in [5.41, 5.74) is 0. The first-order valence-corrected chi connectivity index (χ1v) is 4.81. The van der Waals surface area contributed by atoms with Crippen LogP contribution in [0.5, 0.6) is 5.88 Å². The van der Waals surface area contributed by atoms with Crippen LogP contribution in [0.15, 0.2) is 30.4 Å². The highest BCUT2D eigenvalue weighted by Crippen LogP contribution is 2.10. The van der Waals surface area contributed by atoms with Crippen molar-refractivity contribution in [2.45, 2.75) is 13.8 Å². The minimum absolute atomic E-state index is 0.569. The molecule has 0 radical (unpaired) electrons. The number of ether oxygens (including phenoxy) is 1. The van der Waals surface area contributed by atoms with E-state index in [1.165, 1.54) is 0 Å². The number of anilines is 1. The Kier molecular flexibility index (Phi) is 4.55. The molecule has 3 nitrogen and oxygen atoms in total. The molecule has 0 amide bonds. The van der Waals surface area contributed by atoms with Crippen LogP contribution in [0, 0.1) is 0 Å². The standard InChI is InChI=1S/C11H16N2O/c1-3-5-9-14-11-8-6-7-10(13-11)12-4-2/h3,5-8H,4,9H2,1-2H3,(H,12,13)/b5-3+. The number of aromatic nitrogens is 1. The van der Waals surface area contributed by atoms with Crippen LogP contribution < -0.4 is 10.1 Å². The lowest BCUT2D eigenvalue weighted by molar-refractivity contribution is 0.349. The molecular weight excluding hydrogens is 176 g/mol. The van der Waals surface area contributed by atoms with E-state index in [2.05, 4.69) is 10.3 Å². The zero-order valence-corrected chi connectivity index (χ0v) is 8.66. The van der Waals surface area contributed by atoms with Crippen molar-refractivity contribution in [3.63, 3.8) is 0 Å². The first-order valence-electron chi connectivity index (χ1n) is 4.81. The SMILES string of the molecule is C/C=C/COc1cccc(NCC)n1. The molecule has 0 aliphatic carbocycles. The lowest BCUT2D eigenvalue weighted by Gasteiger charge is -2.05. The zero-order chi connectivity index (χ0) is 10.2. The largest absolute Gasteiger partial charge is 0.473 e. The van der Waals surface area contributed by atoms with Gasteiger partial charge in [0.2, 0.25) is 5.88 Å². The van der Waals surface area contributed by atoms with E-state index < -0.39 is 0 Å². The van der Waals surface area contributed by atoms with Gasteiger partial charge in [-0.25, -0.2) is 0 Å². The van der Waals surface area contributed by atoms with Gasteiger partial charge in [-0.05, 0) is 19.9 Å². The van der Waals surface area contributed by atoms with Gasteiger partial charge in [0.25, 0.3) is 0 Å². The molecule has 0 spiro atoms. The van der Waals surface area contributed by atoms with Crippen molar-refractivity contribution in [2.24, 2.45) is 0 Å². The molecule has 0 unspecified atom stereocenters. The van der Waals surface area contributed by atoms with Gasteiger partial charge in [0, 0.05) is 12.6 Å². The summed E-state index contributed by atoms with van der Waals surface area (Å²) < 4.78 is 5.40. The molecule has 1 rings (SSSR count). The van der Waals surface area contributed by atoms with Crippen molar-refractivity contribution in [1.82, 2.24) is 4.98 Å². The second-order valence-corrected chi connectivity index (χ2v) is 2.77. The maximum Gasteiger partial charge on any atom is 0.215 e. The Labute approximate surface area is 84.8 Å². The molecule has 76 valence electrons. The monoisotopic (exact) mass is 192 g/mol. The highest BCUT2D eigenvalue weighted by atomic mass is 16.5. The summed E-state index contributed by atoms with van der Waals surface area (Å²) in [6.07, 6.45) is 3.90. The second kappa shape index (κ2) is 6.02. The topological polar surface area (TPSA) is 34.1 Å². The Morgan fingerprint density at radius 1 is 1.50 bits per heavy atom. The lowest BCUT2D eigenvalue weighted by atomic mass is 10.4. The molecule has 1 N–H and O–H groups in total. The maximum absolute atomic E-state index is 5.40. The third-order valence-electron chi connectivity index (χ3n) is 1.64. The number of rotatable bonds is 5. The molecule has 0 bridgehead atoms. The van der Waals surface area contributed by atoms with Crippen molar-refractivity contribution in [2.75, 3.05) is 18.5 Å². The Morgan fingerprint density at radius 2 is 2.36 bits per heavy atom. The fourth-order valence-electron chi connectivity index (χ4n) is 1.00. The van der Waals surface area contributed by atoms with Crippen molar-refractivity contribution in [1.29, 1.82) is 0 Å². The van der Waals surface area contributed by atoms with Gasteiger partial charge in [-0.3, -0.25) is 0 Å². The highest BCUT2D eigenvalue weighted by molar-refractivity contribution is 5.36. The van der Waals surface area contributed by atoms with Crippen LogP contribution in [0.2, 0.25) is 0 Å². The highest BCUT2D eigenvalue weighted by Gasteiger charge is 1.95. The first-order chi connectivity index (χ1) is 6.86. The number of nitrogens with one attached hydrogen (secondary N) is 1. The molecule has 0 atom stereocenters. The van der Waals surface area contributed by atoms with Crippen LogP contribution in [-0.2, 0) is 0 Å². The van der Waals surface area contributed by atoms with Crippen LogP contribution in [0.3, 0.4) is 0 Å². The number of hydrogen-bond acceptors (Lipinski definition) is 3. The molecule has 0 saturated heterocycles. The van der Waals surface area contributed by atoms with E-state index in [4.69, 9.17) is 4.74 Å². The van der Waals surface area contributed by atoms with Crippen molar-refractivity contribution in [3.05, 3.63) is 30.4 Å². The lowest BCUT2D eigenvalue weighted by Crippen LogP contribution is -2.01. The summed E-state index contributed by atoms with van der Waals surface area (Å²) in [6.45, 7) is 5.44. The Balaban J connectivity index is 2.54. The van der Waals surface area contributed by atoms with Crippen LogP contribution in [0.1, 0.15) is 13.8 Å². The van der Waals surface area contributed by atoms with Crippen molar-refractivity contribution < 1.29 is 4.74 Å².